The molecular weight excluding hydrogens is 1070 g/mol. The van der Waals surface area contributed by atoms with Crippen molar-refractivity contribution in [3.63, 3.8) is 0 Å². The molecule has 3 heterocycles. The van der Waals surface area contributed by atoms with Crippen LogP contribution in [0, 0.1) is 0 Å². The van der Waals surface area contributed by atoms with Crippen LogP contribution < -0.4 is 0 Å². The third-order valence-electron chi connectivity index (χ3n) is 6.85. The van der Waals surface area contributed by atoms with Crippen molar-refractivity contribution in [3.05, 3.63) is 36.5 Å². The van der Waals surface area contributed by atoms with Crippen molar-refractivity contribution in [2.75, 3.05) is 117 Å². The second kappa shape index (κ2) is 45.7. The van der Waals surface area contributed by atoms with Crippen LogP contribution in [0.4, 0.5) is 0 Å². The van der Waals surface area contributed by atoms with Crippen LogP contribution in [0.15, 0.2) is 36.5 Å². The summed E-state index contributed by atoms with van der Waals surface area (Å²) in [7, 11) is -6.78. The van der Waals surface area contributed by atoms with Gasteiger partial charge in [0.2, 0.25) is 0 Å². The summed E-state index contributed by atoms with van der Waals surface area (Å²) < 4.78 is 75.4. The first-order valence-electron chi connectivity index (χ1n) is 18.4. The number of rotatable bonds is 18. The van der Waals surface area contributed by atoms with Gasteiger partial charge in [-0.2, -0.15) is 70.6 Å². The van der Waals surface area contributed by atoms with Crippen LogP contribution in [0.3, 0.4) is 0 Å². The largest absolute Gasteiger partial charge is 0.870 e. The van der Waals surface area contributed by atoms with Crippen molar-refractivity contribution in [1.29, 1.82) is 0 Å². The molecule has 0 aromatic carbocycles. The summed E-state index contributed by atoms with van der Waals surface area (Å²) in [6.07, 6.45) is -0.790. The van der Waals surface area contributed by atoms with E-state index in [4.69, 9.17) is 28.9 Å². The van der Waals surface area contributed by atoms with Gasteiger partial charge in [0.15, 0.2) is 0 Å². The number of carbonyl (C=O) groups excluding carboxylic acids is 2. The first-order valence-corrected chi connectivity index (χ1v) is 29.7. The fourth-order valence-electron chi connectivity index (χ4n) is 4.01. The summed E-state index contributed by atoms with van der Waals surface area (Å²) in [4.78, 5) is 50.1. The zero-order chi connectivity index (χ0) is 47.0. The van der Waals surface area contributed by atoms with E-state index in [9.17, 15) is 33.2 Å². The Hall–Kier alpha value is -0.100. The number of aliphatic hydroxyl groups is 1. The van der Waals surface area contributed by atoms with Crippen molar-refractivity contribution in [2.45, 2.75) is 52.4 Å². The lowest BCUT2D eigenvalue weighted by Crippen LogP contribution is -2.25. The van der Waals surface area contributed by atoms with Crippen LogP contribution in [-0.4, -0.2) is 190 Å². The van der Waals surface area contributed by atoms with E-state index >= 15 is 0 Å². The fourth-order valence-corrected chi connectivity index (χ4v) is 12.1. The summed E-state index contributed by atoms with van der Waals surface area (Å²) in [6.45, 7) is 11.2. The summed E-state index contributed by atoms with van der Waals surface area (Å²) >= 11 is 10.3. The molecule has 0 radical (unpaired) electrons. The molecule has 9 N–H and O–H groups in total. The minimum Gasteiger partial charge on any atom is -0.870 e. The van der Waals surface area contributed by atoms with Gasteiger partial charge in [-0.05, 0) is 0 Å². The van der Waals surface area contributed by atoms with Crippen LogP contribution in [0.2, 0.25) is 0 Å². The first-order chi connectivity index (χ1) is 29.2. The smallest absolute Gasteiger partial charge is 0.474 e. The summed E-state index contributed by atoms with van der Waals surface area (Å²) in [5.41, 5.74) is 3.68. The Morgan fingerprint density at radius 1 is 0.552 bits per heavy atom. The SMILES string of the molecule is C.C.C=C1CSCC(O)CSC1.C=C1CSCC(OC(=O)CCOP(=O)(O)O)CSC1.C=C1CSCC(OC(=O)CCOP(=O)(OC)OC)CSC1.COP(=O)(OC)OCCC(=O)O.O.O.[OH-]. The molecule has 0 saturated carbocycles. The zero-order valence-corrected chi connectivity index (χ0v) is 44.3. The molecule has 3 aliphatic heterocycles. The summed E-state index contributed by atoms with van der Waals surface area (Å²) in [6, 6.07) is 0. The van der Waals surface area contributed by atoms with Gasteiger partial charge in [0.25, 0.3) is 0 Å². The molecule has 31 heteroatoms. The minimum atomic E-state index is -4.51. The van der Waals surface area contributed by atoms with Gasteiger partial charge < -0.3 is 45.9 Å². The Labute approximate surface area is 421 Å². The van der Waals surface area contributed by atoms with Gasteiger partial charge in [0.05, 0.1) is 45.2 Å². The average Bonchev–Trinajstić information content (AvgIpc) is 3.18. The highest BCUT2D eigenvalue weighted by Gasteiger charge is 2.25. The number of carboxylic acids is 1. The van der Waals surface area contributed by atoms with E-state index in [-0.39, 0.29) is 94.6 Å². The van der Waals surface area contributed by atoms with Crippen molar-refractivity contribution in [1.82, 2.24) is 0 Å². The average molecular weight is 1140 g/mol. The third kappa shape index (κ3) is 45.5. The van der Waals surface area contributed by atoms with Crippen LogP contribution in [0.25, 0.3) is 0 Å². The molecule has 0 atom stereocenters. The lowest BCUT2D eigenvalue weighted by Gasteiger charge is -2.20. The Kier molecular flexibility index (Phi) is 53.5. The standard InChI is InChI=1S/C12H21O6PS2.C10H17O6PS2.C7H12OS2.C5H11O6P.2CH4.3H2O/c1-10-6-20-8-11(9-21-7-10)18-12(13)4-5-17-19(14,15-2)16-3;1-8-4-18-6-9(7-19-5-8)16-10(11)2-3-15-17(12,13)14;1-6-2-9-4-7(8)5-10-3-6;1-9-12(8,10-2)11-4-3-5(6)7;;;;;/h11H,1,4-9H2,2-3H3;9H,1-7H2,(H2,12,13,14);7-8H,1-5H2;3-4H2,1-2H3,(H,6,7);2*1H4;3*1H2/p-1. The number of hydrogen-bond acceptors (Lipinski definition) is 23. The molecule has 0 unspecified atom stereocenters. The maximum Gasteiger partial charge on any atom is 0.474 e. The predicted molar refractivity (Wildman–Crippen MR) is 274 cm³/mol. The molecule has 0 amide bonds. The van der Waals surface area contributed by atoms with Crippen LogP contribution >= 0.6 is 94.0 Å². The number of ether oxygens (including phenoxy) is 2. The van der Waals surface area contributed by atoms with Gasteiger partial charge >= 0.3 is 41.4 Å². The normalized spacial score (nSPS) is 16.6. The molecule has 3 aliphatic rings. The van der Waals surface area contributed by atoms with Gasteiger partial charge in [0.1, 0.15) is 12.2 Å². The Balaban J connectivity index is -0.000000187. The predicted octanol–water partition coefficient (Wildman–Crippen LogP) is 5.88. The van der Waals surface area contributed by atoms with Gasteiger partial charge in [-0.25, -0.2) is 13.7 Å². The highest BCUT2D eigenvalue weighted by Crippen LogP contribution is 2.48. The minimum absolute atomic E-state index is 0. The molecule has 0 aliphatic carbocycles. The second-order valence-electron chi connectivity index (χ2n) is 12.5. The van der Waals surface area contributed by atoms with Crippen LogP contribution in [-0.2, 0) is 69.2 Å². The number of phosphoric acid groups is 3. The zero-order valence-electron chi connectivity index (χ0n) is 36.7. The topological polar surface area (TPSA) is 359 Å². The van der Waals surface area contributed by atoms with Crippen molar-refractivity contribution >= 4 is 112 Å². The monoisotopic (exact) mass is 1140 g/mol. The molecule has 22 nitrogen and oxygen atoms in total. The number of hydrogen-bond donors (Lipinski definition) is 4. The van der Waals surface area contributed by atoms with Gasteiger partial charge in [-0.15, -0.1) is 0 Å². The second-order valence-corrected chi connectivity index (χ2v) is 23.7. The van der Waals surface area contributed by atoms with Crippen molar-refractivity contribution < 1.29 is 106 Å². The maximum absolute atomic E-state index is 11.7. The molecule has 402 valence electrons. The Bertz CT molecular complexity index is 1460. The van der Waals surface area contributed by atoms with Gasteiger partial charge in [-0.1, -0.05) is 51.3 Å². The molecule has 3 fully saturated rings. The number of thioether (sulfide) groups is 6. The van der Waals surface area contributed by atoms with E-state index < -0.39 is 35.4 Å². The number of esters is 2. The third-order valence-corrected chi connectivity index (χ3v) is 17.5. The fraction of sp³-hybridized carbons (Fsp3) is 0.750. The van der Waals surface area contributed by atoms with Crippen molar-refractivity contribution in [2.24, 2.45) is 0 Å². The van der Waals surface area contributed by atoms with Gasteiger partial charge in [-0.3, -0.25) is 46.0 Å². The van der Waals surface area contributed by atoms with Crippen LogP contribution in [0.1, 0.15) is 34.1 Å². The van der Waals surface area contributed by atoms with E-state index in [0.717, 1.165) is 71.7 Å². The molecule has 0 aromatic rings. The molecular formula is C36H74O22P3S6-. The summed E-state index contributed by atoms with van der Waals surface area (Å²) in [5, 5.41) is 17.4. The van der Waals surface area contributed by atoms with Crippen LogP contribution in [0.5, 0.6) is 0 Å². The van der Waals surface area contributed by atoms with E-state index in [1.54, 1.807) is 70.6 Å². The van der Waals surface area contributed by atoms with E-state index in [2.05, 4.69) is 46.9 Å². The Morgan fingerprint density at radius 2 is 0.821 bits per heavy atom. The lowest BCUT2D eigenvalue weighted by molar-refractivity contribution is -0.148. The summed E-state index contributed by atoms with van der Waals surface area (Å²) in [5.74, 6) is 8.31. The molecule has 0 bridgehead atoms. The quantitative estimate of drug-likeness (QED) is 0.0706. The highest BCUT2D eigenvalue weighted by atomic mass is 32.2. The van der Waals surface area contributed by atoms with Crippen molar-refractivity contribution in [3.8, 4) is 0 Å². The number of aliphatic carboxylic acids is 1. The Morgan fingerprint density at radius 3 is 1.09 bits per heavy atom. The number of carbonyl (C=O) groups is 3. The molecule has 3 saturated heterocycles. The highest BCUT2D eigenvalue weighted by molar-refractivity contribution is 8.02. The first kappa shape index (κ1) is 78.3. The maximum atomic E-state index is 11.7. The van der Waals surface area contributed by atoms with E-state index in [1.807, 2.05) is 0 Å². The lowest BCUT2D eigenvalue weighted by atomic mass is 10.4. The molecule has 0 aromatic heterocycles. The number of aliphatic hydroxyl groups excluding tert-OH is 1. The van der Waals surface area contributed by atoms with Gasteiger partial charge in [0, 0.05) is 97.5 Å². The number of phosphoric ester groups is 3. The van der Waals surface area contributed by atoms with E-state index in [0.29, 0.717) is 11.5 Å². The van der Waals surface area contributed by atoms with E-state index in [1.165, 1.54) is 30.9 Å². The molecule has 67 heavy (non-hydrogen) atoms. The molecule has 3 rings (SSSR count). The molecule has 0 spiro atoms. The number of carboxylic acid groups (broad SMARTS) is 1.